The fourth-order valence-electron chi connectivity index (χ4n) is 1.38. The summed E-state index contributed by atoms with van der Waals surface area (Å²) in [4.78, 5) is 0. The summed E-state index contributed by atoms with van der Waals surface area (Å²) in [5.74, 6) is -0.133. The Bertz CT molecular complexity index is 342. The van der Waals surface area contributed by atoms with Gasteiger partial charge in [0.2, 0.25) is 0 Å². The van der Waals surface area contributed by atoms with Crippen LogP contribution in [0.25, 0.3) is 0 Å². The minimum absolute atomic E-state index is 0.235. The van der Waals surface area contributed by atoms with Gasteiger partial charge in [0.05, 0.1) is 7.11 Å². The van der Waals surface area contributed by atoms with Crippen LogP contribution >= 0.6 is 11.6 Å². The first-order valence-electron chi connectivity index (χ1n) is 4.40. The summed E-state index contributed by atoms with van der Waals surface area (Å²) in [5, 5.41) is 0.441. The molecule has 1 aromatic carbocycles. The summed E-state index contributed by atoms with van der Waals surface area (Å²) >= 11 is 5.95. The van der Waals surface area contributed by atoms with E-state index in [1.807, 2.05) is 20.8 Å². The number of hydrogen-bond acceptors (Lipinski definition) is 1. The first-order chi connectivity index (χ1) is 6.38. The van der Waals surface area contributed by atoms with Gasteiger partial charge in [-0.15, -0.1) is 0 Å². The summed E-state index contributed by atoms with van der Waals surface area (Å²) in [6, 6.07) is 3.19. The average Bonchev–Trinajstić information content (AvgIpc) is 2.02. The van der Waals surface area contributed by atoms with Crippen molar-refractivity contribution in [3.63, 3.8) is 0 Å². The molecule has 0 aliphatic heterocycles. The molecular weight excluding hydrogens is 203 g/mol. The number of ether oxygens (including phenoxy) is 1. The van der Waals surface area contributed by atoms with Crippen molar-refractivity contribution < 1.29 is 9.13 Å². The Balaban J connectivity index is 3.40. The minimum Gasteiger partial charge on any atom is -0.494 e. The van der Waals surface area contributed by atoms with Gasteiger partial charge in [0.1, 0.15) is 0 Å². The zero-order valence-corrected chi connectivity index (χ0v) is 9.57. The molecule has 14 heavy (non-hydrogen) atoms. The second kappa shape index (κ2) is 3.77. The van der Waals surface area contributed by atoms with E-state index in [2.05, 4.69) is 0 Å². The normalized spacial score (nSPS) is 11.6. The van der Waals surface area contributed by atoms with Crippen LogP contribution in [0.5, 0.6) is 5.75 Å². The lowest BCUT2D eigenvalue weighted by Crippen LogP contribution is -2.15. The molecule has 0 radical (unpaired) electrons. The molecule has 0 heterocycles. The molecule has 0 unspecified atom stereocenters. The van der Waals surface area contributed by atoms with Crippen molar-refractivity contribution in [2.24, 2.45) is 0 Å². The SMILES string of the molecule is COc1ccc(Cl)c(C(C)(C)C)c1F. The smallest absolute Gasteiger partial charge is 0.170 e. The summed E-state index contributed by atoms with van der Waals surface area (Å²) in [6.07, 6.45) is 0. The molecule has 0 atom stereocenters. The monoisotopic (exact) mass is 216 g/mol. The van der Waals surface area contributed by atoms with Gasteiger partial charge in [-0.3, -0.25) is 0 Å². The molecule has 0 bridgehead atoms. The van der Waals surface area contributed by atoms with Crippen LogP contribution in [0.4, 0.5) is 4.39 Å². The maximum Gasteiger partial charge on any atom is 0.170 e. The number of methoxy groups -OCH3 is 1. The van der Waals surface area contributed by atoms with Crippen molar-refractivity contribution in [1.82, 2.24) is 0 Å². The molecule has 0 aromatic heterocycles. The van der Waals surface area contributed by atoms with Crippen molar-refractivity contribution >= 4 is 11.6 Å². The fourth-order valence-corrected chi connectivity index (χ4v) is 1.81. The van der Waals surface area contributed by atoms with Crippen LogP contribution < -0.4 is 4.74 Å². The molecular formula is C11H14ClFO. The van der Waals surface area contributed by atoms with Gasteiger partial charge >= 0.3 is 0 Å². The molecule has 0 N–H and O–H groups in total. The van der Waals surface area contributed by atoms with E-state index in [0.29, 0.717) is 10.6 Å². The number of rotatable bonds is 1. The second-order valence-electron chi connectivity index (χ2n) is 4.19. The van der Waals surface area contributed by atoms with Gasteiger partial charge < -0.3 is 4.74 Å². The van der Waals surface area contributed by atoms with E-state index in [1.54, 1.807) is 6.07 Å². The standard InChI is InChI=1S/C11H14ClFO/c1-11(2,3)9-7(12)5-6-8(14-4)10(9)13/h5-6H,1-4H3. The maximum absolute atomic E-state index is 13.8. The Labute approximate surface area is 88.8 Å². The Kier molecular flexibility index (Phi) is 3.05. The van der Waals surface area contributed by atoms with E-state index in [1.165, 1.54) is 13.2 Å². The Morgan fingerprint density at radius 3 is 2.29 bits per heavy atom. The van der Waals surface area contributed by atoms with Gasteiger partial charge in [-0.1, -0.05) is 32.4 Å². The molecule has 0 aliphatic rings. The predicted octanol–water partition coefficient (Wildman–Crippen LogP) is 3.79. The van der Waals surface area contributed by atoms with E-state index in [-0.39, 0.29) is 17.0 Å². The third-order valence-corrected chi connectivity index (χ3v) is 2.34. The van der Waals surface area contributed by atoms with E-state index >= 15 is 0 Å². The van der Waals surface area contributed by atoms with Gasteiger partial charge in [-0.05, 0) is 17.5 Å². The van der Waals surface area contributed by atoms with Crippen molar-refractivity contribution in [3.05, 3.63) is 28.5 Å². The average molecular weight is 217 g/mol. The van der Waals surface area contributed by atoms with Crippen molar-refractivity contribution in [1.29, 1.82) is 0 Å². The second-order valence-corrected chi connectivity index (χ2v) is 4.60. The zero-order chi connectivity index (χ0) is 10.9. The van der Waals surface area contributed by atoms with Crippen LogP contribution in [0.1, 0.15) is 26.3 Å². The summed E-state index contributed by atoms with van der Waals surface area (Å²) in [6.45, 7) is 5.74. The lowest BCUT2D eigenvalue weighted by Gasteiger charge is -2.22. The van der Waals surface area contributed by atoms with Gasteiger partial charge in [0.15, 0.2) is 11.6 Å². The molecule has 1 rings (SSSR count). The summed E-state index contributed by atoms with van der Waals surface area (Å²) in [7, 11) is 1.44. The number of hydrogen-bond donors (Lipinski definition) is 0. The molecule has 0 fully saturated rings. The van der Waals surface area contributed by atoms with Crippen LogP contribution in [-0.2, 0) is 5.41 Å². The number of halogens is 2. The largest absolute Gasteiger partial charge is 0.494 e. The maximum atomic E-state index is 13.8. The van der Waals surface area contributed by atoms with E-state index < -0.39 is 0 Å². The van der Waals surface area contributed by atoms with Crippen LogP contribution in [0.2, 0.25) is 5.02 Å². The predicted molar refractivity (Wildman–Crippen MR) is 56.7 cm³/mol. The molecule has 1 aromatic rings. The van der Waals surface area contributed by atoms with Gasteiger partial charge in [0, 0.05) is 10.6 Å². The highest BCUT2D eigenvalue weighted by molar-refractivity contribution is 6.31. The summed E-state index contributed by atoms with van der Waals surface area (Å²) in [5.41, 5.74) is 0.175. The zero-order valence-electron chi connectivity index (χ0n) is 8.82. The van der Waals surface area contributed by atoms with Crippen molar-refractivity contribution in [2.75, 3.05) is 7.11 Å². The first kappa shape index (κ1) is 11.3. The third-order valence-electron chi connectivity index (χ3n) is 2.03. The van der Waals surface area contributed by atoms with E-state index in [4.69, 9.17) is 16.3 Å². The van der Waals surface area contributed by atoms with Gasteiger partial charge in [-0.25, -0.2) is 4.39 Å². The Morgan fingerprint density at radius 2 is 1.86 bits per heavy atom. The molecule has 0 amide bonds. The Morgan fingerprint density at radius 1 is 1.29 bits per heavy atom. The molecule has 0 saturated heterocycles. The molecule has 0 spiro atoms. The van der Waals surface area contributed by atoms with Crippen LogP contribution in [0.15, 0.2) is 12.1 Å². The van der Waals surface area contributed by atoms with E-state index in [0.717, 1.165) is 0 Å². The lowest BCUT2D eigenvalue weighted by atomic mass is 9.86. The first-order valence-corrected chi connectivity index (χ1v) is 4.78. The van der Waals surface area contributed by atoms with E-state index in [9.17, 15) is 4.39 Å². The molecule has 0 aliphatic carbocycles. The topological polar surface area (TPSA) is 9.23 Å². The molecule has 78 valence electrons. The highest BCUT2D eigenvalue weighted by Gasteiger charge is 2.24. The molecule has 0 saturated carbocycles. The third kappa shape index (κ3) is 2.01. The van der Waals surface area contributed by atoms with Crippen molar-refractivity contribution in [2.45, 2.75) is 26.2 Å². The lowest BCUT2D eigenvalue weighted by molar-refractivity contribution is 0.378. The number of benzene rings is 1. The molecule has 3 heteroatoms. The van der Waals surface area contributed by atoms with Gasteiger partial charge in [0.25, 0.3) is 0 Å². The van der Waals surface area contributed by atoms with Gasteiger partial charge in [-0.2, -0.15) is 0 Å². The molecule has 1 nitrogen and oxygen atoms in total. The Hall–Kier alpha value is -0.760. The van der Waals surface area contributed by atoms with Crippen LogP contribution in [0, 0.1) is 5.82 Å². The van der Waals surface area contributed by atoms with Crippen LogP contribution in [0.3, 0.4) is 0 Å². The highest BCUT2D eigenvalue weighted by Crippen LogP contribution is 2.35. The minimum atomic E-state index is -0.368. The van der Waals surface area contributed by atoms with Crippen molar-refractivity contribution in [3.8, 4) is 5.75 Å². The van der Waals surface area contributed by atoms with Crippen LogP contribution in [-0.4, -0.2) is 7.11 Å². The summed E-state index contributed by atoms with van der Waals surface area (Å²) < 4.78 is 18.7. The fraction of sp³-hybridized carbons (Fsp3) is 0.455. The highest BCUT2D eigenvalue weighted by atomic mass is 35.5. The quantitative estimate of drug-likeness (QED) is 0.694.